The van der Waals surface area contributed by atoms with Gasteiger partial charge in [0.15, 0.2) is 0 Å². The van der Waals surface area contributed by atoms with Crippen LogP contribution in [-0.2, 0) is 10.2 Å². The maximum atomic E-state index is 13.1. The average molecular weight is 323 g/mol. The maximum Gasteiger partial charge on any atom is 0.267 e. The molecule has 1 aliphatic carbocycles. The van der Waals surface area contributed by atoms with E-state index in [0.29, 0.717) is 5.69 Å². The van der Waals surface area contributed by atoms with Crippen molar-refractivity contribution >= 4 is 17.5 Å². The van der Waals surface area contributed by atoms with Gasteiger partial charge in [-0.1, -0.05) is 37.1 Å². The van der Waals surface area contributed by atoms with Crippen LogP contribution in [0.3, 0.4) is 0 Å². The zero-order valence-electron chi connectivity index (χ0n) is 13.7. The molecule has 1 heterocycles. The monoisotopic (exact) mass is 323 g/mol. The van der Waals surface area contributed by atoms with Crippen LogP contribution >= 0.6 is 0 Å². The van der Waals surface area contributed by atoms with Gasteiger partial charge in [0.25, 0.3) is 5.91 Å². The van der Waals surface area contributed by atoms with Crippen molar-refractivity contribution in [3.63, 3.8) is 0 Å². The van der Waals surface area contributed by atoms with E-state index >= 15 is 0 Å². The van der Waals surface area contributed by atoms with Crippen LogP contribution < -0.4 is 11.1 Å². The van der Waals surface area contributed by atoms with Gasteiger partial charge in [0, 0.05) is 0 Å². The number of pyridine rings is 1. The number of aryl methyl sites for hydroxylation is 1. The van der Waals surface area contributed by atoms with Gasteiger partial charge in [0.1, 0.15) is 5.69 Å². The van der Waals surface area contributed by atoms with Gasteiger partial charge < -0.3 is 11.1 Å². The Bertz CT molecular complexity index is 762. The molecule has 0 aliphatic heterocycles. The summed E-state index contributed by atoms with van der Waals surface area (Å²) < 4.78 is 0. The first-order chi connectivity index (χ1) is 11.5. The molecule has 0 radical (unpaired) electrons. The minimum atomic E-state index is -0.583. The third-order valence-corrected chi connectivity index (χ3v) is 4.83. The topological polar surface area (TPSA) is 85.1 Å². The number of carbonyl (C=O) groups excluding carboxylic acids is 2. The molecule has 1 aromatic heterocycles. The number of carbonyl (C=O) groups is 2. The van der Waals surface area contributed by atoms with Crippen molar-refractivity contribution in [2.75, 3.05) is 5.32 Å². The largest absolute Gasteiger partial charge is 0.364 e. The number of nitrogens with two attached hydrogens (primary N) is 1. The van der Waals surface area contributed by atoms with Gasteiger partial charge in [0.05, 0.1) is 17.3 Å². The summed E-state index contributed by atoms with van der Waals surface area (Å²) in [5.74, 6) is -0.594. The van der Waals surface area contributed by atoms with E-state index in [1.165, 1.54) is 12.3 Å². The molecule has 1 aliphatic rings. The number of amides is 2. The predicted octanol–water partition coefficient (Wildman–Crippen LogP) is 2.94. The van der Waals surface area contributed by atoms with Gasteiger partial charge in [-0.2, -0.15) is 0 Å². The molecule has 5 heteroatoms. The van der Waals surface area contributed by atoms with Gasteiger partial charge in [0.2, 0.25) is 5.91 Å². The average Bonchev–Trinajstić information content (AvgIpc) is 3.06. The van der Waals surface area contributed by atoms with Gasteiger partial charge in [-0.3, -0.25) is 9.59 Å². The summed E-state index contributed by atoms with van der Waals surface area (Å²) in [4.78, 5) is 28.1. The Morgan fingerprint density at radius 2 is 1.83 bits per heavy atom. The van der Waals surface area contributed by atoms with Crippen molar-refractivity contribution in [1.29, 1.82) is 0 Å². The molecule has 1 aromatic carbocycles. The Morgan fingerprint density at radius 1 is 1.12 bits per heavy atom. The van der Waals surface area contributed by atoms with E-state index in [4.69, 9.17) is 5.73 Å². The van der Waals surface area contributed by atoms with Crippen LogP contribution in [0.4, 0.5) is 5.69 Å². The standard InChI is InChI=1S/C19H21N3O2/c1-13-6-2-3-7-15(13)19(10-4-5-11-19)18(24)22-14-8-9-16(17(20)23)21-12-14/h2-3,6-9,12H,4-5,10-11H2,1H3,(H2,20,23)(H,22,24). The summed E-state index contributed by atoms with van der Waals surface area (Å²) in [5.41, 5.74) is 7.69. The number of nitrogens with one attached hydrogen (secondary N) is 1. The van der Waals surface area contributed by atoms with Gasteiger partial charge in [-0.25, -0.2) is 4.98 Å². The minimum absolute atomic E-state index is 0.0112. The third kappa shape index (κ3) is 2.89. The lowest BCUT2D eigenvalue weighted by Gasteiger charge is -2.29. The molecule has 0 atom stereocenters. The smallest absolute Gasteiger partial charge is 0.267 e. The minimum Gasteiger partial charge on any atom is -0.364 e. The summed E-state index contributed by atoms with van der Waals surface area (Å²) in [6.45, 7) is 2.05. The third-order valence-electron chi connectivity index (χ3n) is 4.83. The number of nitrogens with zero attached hydrogens (tertiary/aromatic N) is 1. The number of primary amides is 1. The maximum absolute atomic E-state index is 13.1. The number of rotatable bonds is 4. The first-order valence-electron chi connectivity index (χ1n) is 8.16. The molecule has 5 nitrogen and oxygen atoms in total. The zero-order chi connectivity index (χ0) is 17.2. The van der Waals surface area contributed by atoms with Crippen molar-refractivity contribution in [2.24, 2.45) is 5.73 Å². The molecule has 1 saturated carbocycles. The highest BCUT2D eigenvalue weighted by atomic mass is 16.2. The Balaban J connectivity index is 1.88. The second-order valence-electron chi connectivity index (χ2n) is 6.35. The van der Waals surface area contributed by atoms with Crippen LogP contribution in [0.5, 0.6) is 0 Å². The predicted molar refractivity (Wildman–Crippen MR) is 92.7 cm³/mol. The molecule has 3 rings (SSSR count). The second kappa shape index (κ2) is 6.43. The molecule has 2 amide bonds. The summed E-state index contributed by atoms with van der Waals surface area (Å²) >= 11 is 0. The Morgan fingerprint density at radius 3 is 2.42 bits per heavy atom. The van der Waals surface area contributed by atoms with E-state index in [-0.39, 0.29) is 11.6 Å². The normalized spacial score (nSPS) is 15.9. The van der Waals surface area contributed by atoms with Gasteiger partial charge in [-0.05, 0) is 43.0 Å². The number of aromatic nitrogens is 1. The lowest BCUT2D eigenvalue weighted by Crippen LogP contribution is -2.38. The molecule has 1 fully saturated rings. The molecular weight excluding hydrogens is 302 g/mol. The quantitative estimate of drug-likeness (QED) is 0.907. The van der Waals surface area contributed by atoms with E-state index in [9.17, 15) is 9.59 Å². The van der Waals surface area contributed by atoms with E-state index < -0.39 is 11.3 Å². The fourth-order valence-corrected chi connectivity index (χ4v) is 3.57. The summed E-state index contributed by atoms with van der Waals surface area (Å²) in [6.07, 6.45) is 5.24. The van der Waals surface area contributed by atoms with Crippen LogP contribution in [0.15, 0.2) is 42.6 Å². The first kappa shape index (κ1) is 16.2. The first-order valence-corrected chi connectivity index (χ1v) is 8.16. The Kier molecular flexibility index (Phi) is 4.34. The van der Waals surface area contributed by atoms with E-state index in [0.717, 1.165) is 36.8 Å². The Hall–Kier alpha value is -2.69. The highest BCUT2D eigenvalue weighted by molar-refractivity contribution is 6.00. The van der Waals surface area contributed by atoms with E-state index in [1.54, 1.807) is 6.07 Å². The van der Waals surface area contributed by atoms with Crippen molar-refractivity contribution in [1.82, 2.24) is 4.98 Å². The van der Waals surface area contributed by atoms with Crippen LogP contribution in [0.1, 0.15) is 47.3 Å². The number of benzene rings is 1. The summed E-state index contributed by atoms with van der Waals surface area (Å²) in [5, 5.41) is 2.96. The van der Waals surface area contributed by atoms with Gasteiger partial charge >= 0.3 is 0 Å². The van der Waals surface area contributed by atoms with Crippen molar-refractivity contribution in [2.45, 2.75) is 38.0 Å². The molecular formula is C19H21N3O2. The molecule has 0 spiro atoms. The van der Waals surface area contributed by atoms with Gasteiger partial charge in [-0.15, -0.1) is 0 Å². The summed E-state index contributed by atoms with van der Waals surface area (Å²) in [7, 11) is 0. The number of hydrogen-bond donors (Lipinski definition) is 2. The molecule has 0 unspecified atom stereocenters. The van der Waals surface area contributed by atoms with Crippen molar-refractivity contribution < 1.29 is 9.59 Å². The van der Waals surface area contributed by atoms with Crippen molar-refractivity contribution in [3.8, 4) is 0 Å². The lowest BCUT2D eigenvalue weighted by atomic mass is 9.76. The number of anilines is 1. The molecule has 0 saturated heterocycles. The van der Waals surface area contributed by atoms with E-state index in [1.807, 2.05) is 25.1 Å². The Labute approximate surface area is 141 Å². The summed E-state index contributed by atoms with van der Waals surface area (Å²) in [6, 6.07) is 11.3. The van der Waals surface area contributed by atoms with Crippen LogP contribution in [-0.4, -0.2) is 16.8 Å². The van der Waals surface area contributed by atoms with Crippen LogP contribution in [0.2, 0.25) is 0 Å². The van der Waals surface area contributed by atoms with Crippen molar-refractivity contribution in [3.05, 3.63) is 59.4 Å². The lowest BCUT2D eigenvalue weighted by molar-refractivity contribution is -0.121. The van der Waals surface area contributed by atoms with Crippen LogP contribution in [0, 0.1) is 6.92 Å². The van der Waals surface area contributed by atoms with Crippen LogP contribution in [0.25, 0.3) is 0 Å². The molecule has 24 heavy (non-hydrogen) atoms. The molecule has 124 valence electrons. The highest BCUT2D eigenvalue weighted by Crippen LogP contribution is 2.43. The van der Waals surface area contributed by atoms with E-state index in [2.05, 4.69) is 16.4 Å². The SMILES string of the molecule is Cc1ccccc1C1(C(=O)Nc2ccc(C(N)=O)nc2)CCCC1. The zero-order valence-corrected chi connectivity index (χ0v) is 13.7. The fraction of sp³-hybridized carbons (Fsp3) is 0.316. The fourth-order valence-electron chi connectivity index (χ4n) is 3.57. The molecule has 2 aromatic rings. The second-order valence-corrected chi connectivity index (χ2v) is 6.35. The highest BCUT2D eigenvalue weighted by Gasteiger charge is 2.43. The molecule has 3 N–H and O–H groups in total. The molecule has 0 bridgehead atoms. The number of hydrogen-bond acceptors (Lipinski definition) is 3.